The predicted octanol–water partition coefficient (Wildman–Crippen LogP) is 2.72. The van der Waals surface area contributed by atoms with Crippen LogP contribution in [0.5, 0.6) is 0 Å². The van der Waals surface area contributed by atoms with Gasteiger partial charge >= 0.3 is 0 Å². The van der Waals surface area contributed by atoms with E-state index in [1.807, 2.05) is 10.3 Å². The minimum Gasteiger partial charge on any atom is -0.337 e. The Morgan fingerprint density at radius 1 is 1.60 bits per heavy atom. The molecule has 0 radical (unpaired) electrons. The smallest absolute Gasteiger partial charge is 0.273 e. The number of nitrogens with zero attached hydrogens (tertiary/aromatic N) is 2. The normalized spacial score (nSPS) is 22.4. The first-order valence-electron chi connectivity index (χ1n) is 7.02. The van der Waals surface area contributed by atoms with E-state index in [2.05, 4.69) is 18.8 Å². The third-order valence-electron chi connectivity index (χ3n) is 4.05. The maximum atomic E-state index is 12.5. The first kappa shape index (κ1) is 17.4. The summed E-state index contributed by atoms with van der Waals surface area (Å²) >= 11 is 1.53. The van der Waals surface area contributed by atoms with Crippen molar-refractivity contribution in [2.45, 2.75) is 39.5 Å². The van der Waals surface area contributed by atoms with Gasteiger partial charge in [-0.05, 0) is 31.2 Å². The summed E-state index contributed by atoms with van der Waals surface area (Å²) in [7, 11) is 0. The number of likely N-dealkylation sites (tertiary alicyclic amines) is 1. The molecule has 4 nitrogen and oxygen atoms in total. The third kappa shape index (κ3) is 3.93. The van der Waals surface area contributed by atoms with Gasteiger partial charge in [-0.25, -0.2) is 4.98 Å². The van der Waals surface area contributed by atoms with Gasteiger partial charge < -0.3 is 10.6 Å². The first-order chi connectivity index (χ1) is 9.08. The number of amides is 1. The van der Waals surface area contributed by atoms with Crippen molar-refractivity contribution >= 4 is 29.7 Å². The molecule has 0 aromatic carbocycles. The number of hydrogen-bond donors (Lipinski definition) is 1. The number of hydrogen-bond acceptors (Lipinski definition) is 4. The van der Waals surface area contributed by atoms with Crippen LogP contribution >= 0.6 is 23.7 Å². The molecule has 114 valence electrons. The fourth-order valence-corrected chi connectivity index (χ4v) is 3.37. The minimum absolute atomic E-state index is 0. The highest BCUT2D eigenvalue weighted by Crippen LogP contribution is 2.33. The lowest BCUT2D eigenvalue weighted by molar-refractivity contribution is 0.0538. The zero-order chi connectivity index (χ0) is 13.9. The van der Waals surface area contributed by atoms with Gasteiger partial charge in [0.15, 0.2) is 0 Å². The molecule has 0 saturated carbocycles. The largest absolute Gasteiger partial charge is 0.337 e. The van der Waals surface area contributed by atoms with Crippen LogP contribution in [0.15, 0.2) is 5.38 Å². The van der Waals surface area contributed by atoms with Gasteiger partial charge in [-0.2, -0.15) is 0 Å². The van der Waals surface area contributed by atoms with Crippen molar-refractivity contribution in [3.63, 3.8) is 0 Å². The fraction of sp³-hybridized carbons (Fsp3) is 0.714. The quantitative estimate of drug-likeness (QED) is 0.929. The molecule has 2 N–H and O–H groups in total. The van der Waals surface area contributed by atoms with E-state index in [0.717, 1.165) is 37.4 Å². The second-order valence-electron chi connectivity index (χ2n) is 5.66. The number of carbonyl (C=O) groups excluding carboxylic acids is 1. The van der Waals surface area contributed by atoms with Crippen LogP contribution in [0.3, 0.4) is 0 Å². The van der Waals surface area contributed by atoms with E-state index < -0.39 is 0 Å². The molecule has 0 aliphatic carbocycles. The number of thiazole rings is 1. The van der Waals surface area contributed by atoms with Crippen LogP contribution in [0.4, 0.5) is 0 Å². The summed E-state index contributed by atoms with van der Waals surface area (Å²) in [6, 6.07) is 0. The maximum Gasteiger partial charge on any atom is 0.273 e. The van der Waals surface area contributed by atoms with Crippen molar-refractivity contribution in [3.05, 3.63) is 16.1 Å². The molecule has 1 unspecified atom stereocenters. The monoisotopic (exact) mass is 317 g/mol. The zero-order valence-corrected chi connectivity index (χ0v) is 13.9. The Kier molecular flexibility index (Phi) is 6.43. The second kappa shape index (κ2) is 7.38. The molecule has 0 bridgehead atoms. The van der Waals surface area contributed by atoms with Gasteiger partial charge in [0, 0.05) is 24.9 Å². The third-order valence-corrected chi connectivity index (χ3v) is 4.96. The number of carbonyl (C=O) groups is 1. The van der Waals surface area contributed by atoms with E-state index in [9.17, 15) is 4.79 Å². The lowest BCUT2D eigenvalue weighted by Crippen LogP contribution is -2.44. The Labute approximate surface area is 131 Å². The van der Waals surface area contributed by atoms with Gasteiger partial charge in [0.05, 0.1) is 5.01 Å². The highest BCUT2D eigenvalue weighted by atomic mass is 35.5. The summed E-state index contributed by atoms with van der Waals surface area (Å²) < 4.78 is 0. The highest BCUT2D eigenvalue weighted by molar-refractivity contribution is 7.09. The van der Waals surface area contributed by atoms with Gasteiger partial charge in [0.25, 0.3) is 5.91 Å². The fourth-order valence-electron chi connectivity index (χ4n) is 2.59. The SMILES string of the molecule is CCC1(C)CCCN(C(=O)c2csc(CCN)n2)C1.Cl. The molecular weight excluding hydrogens is 294 g/mol. The van der Waals surface area contributed by atoms with E-state index >= 15 is 0 Å². The summed E-state index contributed by atoms with van der Waals surface area (Å²) in [5.74, 6) is 0.0823. The van der Waals surface area contributed by atoms with Crippen LogP contribution in [0.1, 0.15) is 48.6 Å². The van der Waals surface area contributed by atoms with Crippen LogP contribution in [-0.2, 0) is 6.42 Å². The van der Waals surface area contributed by atoms with Gasteiger partial charge in [-0.15, -0.1) is 23.7 Å². The molecule has 1 aromatic heterocycles. The second-order valence-corrected chi connectivity index (χ2v) is 6.60. The van der Waals surface area contributed by atoms with Crippen LogP contribution in [-0.4, -0.2) is 35.4 Å². The Morgan fingerprint density at radius 3 is 3.00 bits per heavy atom. The Balaban J connectivity index is 0.00000200. The molecule has 1 saturated heterocycles. The molecule has 1 amide bonds. The summed E-state index contributed by atoms with van der Waals surface area (Å²) in [6.45, 7) is 6.77. The Bertz CT molecular complexity index is 451. The zero-order valence-electron chi connectivity index (χ0n) is 12.2. The summed E-state index contributed by atoms with van der Waals surface area (Å²) in [5, 5.41) is 2.83. The molecule has 20 heavy (non-hydrogen) atoms. The van der Waals surface area contributed by atoms with Crippen molar-refractivity contribution in [2.24, 2.45) is 11.1 Å². The summed E-state index contributed by atoms with van der Waals surface area (Å²) in [6.07, 6.45) is 4.18. The van der Waals surface area contributed by atoms with Crippen molar-refractivity contribution in [2.75, 3.05) is 19.6 Å². The molecule has 1 aromatic rings. The van der Waals surface area contributed by atoms with Crippen molar-refractivity contribution in [3.8, 4) is 0 Å². The Hall–Kier alpha value is -0.650. The molecular formula is C14H24ClN3OS. The predicted molar refractivity (Wildman–Crippen MR) is 85.7 cm³/mol. The van der Waals surface area contributed by atoms with Crippen LogP contribution in [0.25, 0.3) is 0 Å². The minimum atomic E-state index is 0. The molecule has 2 rings (SSSR count). The molecule has 1 atom stereocenters. The van der Waals surface area contributed by atoms with Gasteiger partial charge in [-0.3, -0.25) is 4.79 Å². The van der Waals surface area contributed by atoms with Gasteiger partial charge in [0.2, 0.25) is 0 Å². The molecule has 1 aliphatic rings. The van der Waals surface area contributed by atoms with E-state index in [-0.39, 0.29) is 23.7 Å². The topological polar surface area (TPSA) is 59.2 Å². The average molecular weight is 318 g/mol. The number of rotatable bonds is 4. The molecule has 2 heterocycles. The van der Waals surface area contributed by atoms with E-state index in [4.69, 9.17) is 5.73 Å². The van der Waals surface area contributed by atoms with E-state index in [1.165, 1.54) is 17.8 Å². The van der Waals surface area contributed by atoms with Gasteiger partial charge in [-0.1, -0.05) is 13.8 Å². The number of nitrogens with two attached hydrogens (primary N) is 1. The summed E-state index contributed by atoms with van der Waals surface area (Å²) in [5.41, 5.74) is 6.37. The first-order valence-corrected chi connectivity index (χ1v) is 7.90. The van der Waals surface area contributed by atoms with Crippen molar-refractivity contribution in [1.29, 1.82) is 0 Å². The lowest BCUT2D eigenvalue weighted by atomic mass is 9.79. The van der Waals surface area contributed by atoms with Crippen molar-refractivity contribution < 1.29 is 4.79 Å². The van der Waals surface area contributed by atoms with E-state index in [1.54, 1.807) is 0 Å². The summed E-state index contributed by atoms with van der Waals surface area (Å²) in [4.78, 5) is 18.8. The Morgan fingerprint density at radius 2 is 2.35 bits per heavy atom. The molecule has 1 aliphatic heterocycles. The van der Waals surface area contributed by atoms with Crippen LogP contribution in [0.2, 0.25) is 0 Å². The number of halogens is 1. The number of aromatic nitrogens is 1. The van der Waals surface area contributed by atoms with E-state index in [0.29, 0.717) is 12.2 Å². The highest BCUT2D eigenvalue weighted by Gasteiger charge is 2.32. The average Bonchev–Trinajstić information content (AvgIpc) is 2.87. The molecule has 0 spiro atoms. The maximum absolute atomic E-state index is 12.5. The standard InChI is InChI=1S/C14H23N3OS.ClH/c1-3-14(2)6-4-8-17(10-14)13(18)11-9-19-12(16-11)5-7-15;/h9H,3-8,10,15H2,1-2H3;1H. The molecule has 6 heteroatoms. The van der Waals surface area contributed by atoms with Gasteiger partial charge in [0.1, 0.15) is 5.69 Å². The van der Waals surface area contributed by atoms with Crippen molar-refractivity contribution in [1.82, 2.24) is 9.88 Å². The van der Waals surface area contributed by atoms with Crippen LogP contribution < -0.4 is 5.73 Å². The lowest BCUT2D eigenvalue weighted by Gasteiger charge is -2.39. The van der Waals surface area contributed by atoms with Crippen LogP contribution in [0, 0.1) is 5.41 Å². The molecule has 1 fully saturated rings. The number of piperidine rings is 1.